The summed E-state index contributed by atoms with van der Waals surface area (Å²) in [5, 5.41) is 7.62. The second kappa shape index (κ2) is 6.05. The highest BCUT2D eigenvalue weighted by Gasteiger charge is 2.21. The van der Waals surface area contributed by atoms with Crippen LogP contribution in [0.25, 0.3) is 0 Å². The summed E-state index contributed by atoms with van der Waals surface area (Å²) in [7, 11) is 1.63. The Hall–Kier alpha value is -2.56. The number of ether oxygens (including phenoxy) is 2. The van der Waals surface area contributed by atoms with E-state index in [-0.39, 0.29) is 11.3 Å². The Balaban J connectivity index is 2.48. The van der Waals surface area contributed by atoms with Gasteiger partial charge in [-0.15, -0.1) is 0 Å². The Kier molecular flexibility index (Phi) is 4.35. The summed E-state index contributed by atoms with van der Waals surface area (Å²) in [6.07, 6.45) is 1.61. The van der Waals surface area contributed by atoms with E-state index in [0.29, 0.717) is 17.2 Å². The first-order valence-corrected chi connectivity index (χ1v) is 6.98. The number of methoxy groups -OCH3 is 1. The van der Waals surface area contributed by atoms with Gasteiger partial charge in [0.1, 0.15) is 17.3 Å². The van der Waals surface area contributed by atoms with E-state index >= 15 is 0 Å². The Morgan fingerprint density at radius 3 is 2.55 bits per heavy atom. The lowest BCUT2D eigenvalue weighted by Gasteiger charge is -2.23. The molecule has 2 aromatic rings. The van der Waals surface area contributed by atoms with E-state index < -0.39 is 0 Å². The van der Waals surface area contributed by atoms with E-state index in [1.54, 1.807) is 25.4 Å². The SMILES string of the molecule is COc1ccc(Oc2ncccc2C(=N)N)c(C(C)(C)C)c1. The first kappa shape index (κ1) is 15.8. The smallest absolute Gasteiger partial charge is 0.230 e. The van der Waals surface area contributed by atoms with Gasteiger partial charge < -0.3 is 15.2 Å². The fourth-order valence-electron chi connectivity index (χ4n) is 2.09. The number of rotatable bonds is 4. The minimum absolute atomic E-state index is 0.0751. The number of amidine groups is 1. The molecular formula is C17H21N3O2. The van der Waals surface area contributed by atoms with Gasteiger partial charge in [-0.3, -0.25) is 5.41 Å². The van der Waals surface area contributed by atoms with Gasteiger partial charge in [0.2, 0.25) is 5.88 Å². The van der Waals surface area contributed by atoms with E-state index in [4.69, 9.17) is 20.6 Å². The summed E-state index contributed by atoms with van der Waals surface area (Å²) in [6, 6.07) is 9.07. The van der Waals surface area contributed by atoms with Crippen molar-refractivity contribution in [2.75, 3.05) is 7.11 Å². The molecule has 5 heteroatoms. The van der Waals surface area contributed by atoms with Crippen molar-refractivity contribution in [2.24, 2.45) is 5.73 Å². The van der Waals surface area contributed by atoms with Crippen molar-refractivity contribution in [3.8, 4) is 17.4 Å². The molecule has 1 heterocycles. The van der Waals surface area contributed by atoms with Crippen molar-refractivity contribution in [3.63, 3.8) is 0 Å². The number of hydrogen-bond acceptors (Lipinski definition) is 4. The fraction of sp³-hybridized carbons (Fsp3) is 0.294. The zero-order valence-corrected chi connectivity index (χ0v) is 13.3. The third-order valence-corrected chi connectivity index (χ3v) is 3.26. The van der Waals surface area contributed by atoms with Crippen LogP contribution in [-0.2, 0) is 5.41 Å². The molecular weight excluding hydrogens is 278 g/mol. The van der Waals surface area contributed by atoms with Crippen LogP contribution in [0, 0.1) is 5.41 Å². The lowest BCUT2D eigenvalue weighted by atomic mass is 9.86. The number of nitrogen functional groups attached to an aromatic ring is 1. The van der Waals surface area contributed by atoms with Gasteiger partial charge in [0.25, 0.3) is 0 Å². The third kappa shape index (κ3) is 3.36. The van der Waals surface area contributed by atoms with Crippen LogP contribution in [0.15, 0.2) is 36.5 Å². The van der Waals surface area contributed by atoms with E-state index in [0.717, 1.165) is 11.3 Å². The predicted molar refractivity (Wildman–Crippen MR) is 87.0 cm³/mol. The fourth-order valence-corrected chi connectivity index (χ4v) is 2.09. The van der Waals surface area contributed by atoms with Crippen LogP contribution < -0.4 is 15.2 Å². The molecule has 1 aromatic heterocycles. The van der Waals surface area contributed by atoms with Crippen LogP contribution in [0.4, 0.5) is 0 Å². The Bertz CT molecular complexity index is 691. The highest BCUT2D eigenvalue weighted by Crippen LogP contribution is 2.36. The minimum atomic E-state index is -0.130. The second-order valence-corrected chi connectivity index (χ2v) is 5.98. The number of pyridine rings is 1. The average Bonchev–Trinajstić information content (AvgIpc) is 2.47. The molecule has 0 amide bonds. The van der Waals surface area contributed by atoms with Gasteiger partial charge in [0, 0.05) is 11.8 Å². The minimum Gasteiger partial charge on any atom is -0.497 e. The Labute approximate surface area is 130 Å². The van der Waals surface area contributed by atoms with Gasteiger partial charge in [-0.1, -0.05) is 20.8 Å². The number of nitrogens with zero attached hydrogens (tertiary/aromatic N) is 1. The van der Waals surface area contributed by atoms with E-state index in [2.05, 4.69) is 25.8 Å². The van der Waals surface area contributed by atoms with Crippen molar-refractivity contribution in [2.45, 2.75) is 26.2 Å². The molecule has 22 heavy (non-hydrogen) atoms. The third-order valence-electron chi connectivity index (χ3n) is 3.26. The van der Waals surface area contributed by atoms with Crippen LogP contribution in [0.5, 0.6) is 17.4 Å². The summed E-state index contributed by atoms with van der Waals surface area (Å²) in [6.45, 7) is 6.29. The summed E-state index contributed by atoms with van der Waals surface area (Å²) >= 11 is 0. The Morgan fingerprint density at radius 1 is 1.23 bits per heavy atom. The molecule has 116 valence electrons. The zero-order valence-electron chi connectivity index (χ0n) is 13.3. The maximum atomic E-state index is 7.62. The molecule has 0 atom stereocenters. The molecule has 0 saturated carbocycles. The molecule has 0 spiro atoms. The van der Waals surface area contributed by atoms with Crippen molar-refractivity contribution < 1.29 is 9.47 Å². The van der Waals surface area contributed by atoms with Crippen molar-refractivity contribution >= 4 is 5.84 Å². The first-order chi connectivity index (χ1) is 10.3. The number of nitrogens with one attached hydrogen (secondary N) is 1. The lowest BCUT2D eigenvalue weighted by Crippen LogP contribution is -2.15. The average molecular weight is 299 g/mol. The molecule has 0 aliphatic carbocycles. The normalized spacial score (nSPS) is 11.1. The molecule has 3 N–H and O–H groups in total. The van der Waals surface area contributed by atoms with Gasteiger partial charge in [-0.2, -0.15) is 0 Å². The van der Waals surface area contributed by atoms with Crippen LogP contribution >= 0.6 is 0 Å². The molecule has 0 saturated heterocycles. The molecule has 0 radical (unpaired) electrons. The molecule has 0 bridgehead atoms. The molecule has 0 aliphatic heterocycles. The largest absolute Gasteiger partial charge is 0.497 e. The standard InChI is InChI=1S/C17H21N3O2/c1-17(2,3)13-10-11(21-4)7-8-14(13)22-16-12(15(18)19)6-5-9-20-16/h5-10H,1-4H3,(H3,18,19). The van der Waals surface area contributed by atoms with E-state index in [1.165, 1.54) is 0 Å². The zero-order chi connectivity index (χ0) is 16.3. The maximum Gasteiger partial charge on any atom is 0.230 e. The molecule has 0 fully saturated rings. The summed E-state index contributed by atoms with van der Waals surface area (Å²) in [5.74, 6) is 1.69. The van der Waals surface area contributed by atoms with Crippen LogP contribution in [0.2, 0.25) is 0 Å². The van der Waals surface area contributed by atoms with Crippen LogP contribution in [0.3, 0.4) is 0 Å². The van der Waals surface area contributed by atoms with Crippen molar-refractivity contribution in [1.82, 2.24) is 4.98 Å². The number of benzene rings is 1. The predicted octanol–water partition coefficient (Wildman–Crippen LogP) is 3.46. The molecule has 1 aromatic carbocycles. The number of hydrogen-bond donors (Lipinski definition) is 2. The lowest BCUT2D eigenvalue weighted by molar-refractivity contribution is 0.405. The van der Waals surface area contributed by atoms with Gasteiger partial charge in [0.15, 0.2) is 0 Å². The maximum absolute atomic E-state index is 7.62. The quantitative estimate of drug-likeness (QED) is 0.669. The highest BCUT2D eigenvalue weighted by atomic mass is 16.5. The molecule has 0 aliphatic rings. The van der Waals surface area contributed by atoms with Crippen molar-refractivity contribution in [3.05, 3.63) is 47.7 Å². The van der Waals surface area contributed by atoms with Crippen LogP contribution in [0.1, 0.15) is 31.9 Å². The van der Waals surface area contributed by atoms with Crippen LogP contribution in [-0.4, -0.2) is 17.9 Å². The summed E-state index contributed by atoms with van der Waals surface area (Å²) in [5.41, 5.74) is 6.91. The van der Waals surface area contributed by atoms with E-state index in [1.807, 2.05) is 18.2 Å². The van der Waals surface area contributed by atoms with Gasteiger partial charge in [-0.25, -0.2) is 4.98 Å². The van der Waals surface area contributed by atoms with Gasteiger partial charge >= 0.3 is 0 Å². The molecule has 2 rings (SSSR count). The summed E-state index contributed by atoms with van der Waals surface area (Å²) < 4.78 is 11.2. The van der Waals surface area contributed by atoms with E-state index in [9.17, 15) is 0 Å². The van der Waals surface area contributed by atoms with Gasteiger partial charge in [-0.05, 0) is 35.7 Å². The van der Waals surface area contributed by atoms with Gasteiger partial charge in [0.05, 0.1) is 12.7 Å². The molecule has 5 nitrogen and oxygen atoms in total. The Morgan fingerprint density at radius 2 is 1.95 bits per heavy atom. The first-order valence-electron chi connectivity index (χ1n) is 6.98. The summed E-state index contributed by atoms with van der Waals surface area (Å²) in [4.78, 5) is 4.19. The second-order valence-electron chi connectivity index (χ2n) is 5.98. The van der Waals surface area contributed by atoms with Crippen molar-refractivity contribution in [1.29, 1.82) is 5.41 Å². The number of aromatic nitrogens is 1. The topological polar surface area (TPSA) is 81.2 Å². The monoisotopic (exact) mass is 299 g/mol. The molecule has 0 unspecified atom stereocenters. The highest BCUT2D eigenvalue weighted by molar-refractivity contribution is 5.97. The number of nitrogens with two attached hydrogens (primary N) is 1.